The number of aromatic amines is 1. The number of pyridine rings is 1. The first kappa shape index (κ1) is 27.3. The van der Waals surface area contributed by atoms with Crippen molar-refractivity contribution in [3.63, 3.8) is 0 Å². The van der Waals surface area contributed by atoms with Crippen molar-refractivity contribution in [2.24, 2.45) is 0 Å². The van der Waals surface area contributed by atoms with E-state index in [-0.39, 0.29) is 11.1 Å². The third kappa shape index (κ3) is 5.41. The van der Waals surface area contributed by atoms with E-state index >= 15 is 0 Å². The smallest absolute Gasteiger partial charge is 0.334 e. The molecule has 0 bridgehead atoms. The standard InChI is InChI=1S/C31H38N8O/c1-6-8-11-23-21-39(29-26(31(3,4)5)16-18-37(29)17-7-2)30(40)38(23)20-22-14-15-27(32-19-22)24-12-9-10-13-25(24)28-33-35-36-34-28/h9-10,12-16,18-19,21H,6-8,11,17,20H2,1-5H3,(H,33,34,35,36). The Balaban J connectivity index is 1.52. The van der Waals surface area contributed by atoms with Gasteiger partial charge in [-0.25, -0.2) is 4.79 Å². The van der Waals surface area contributed by atoms with Crippen molar-refractivity contribution in [3.05, 3.63) is 88.4 Å². The number of hydrogen-bond acceptors (Lipinski definition) is 5. The van der Waals surface area contributed by atoms with Gasteiger partial charge in [0.05, 0.1) is 12.2 Å². The van der Waals surface area contributed by atoms with Gasteiger partial charge in [0, 0.05) is 47.5 Å². The predicted octanol–water partition coefficient (Wildman–Crippen LogP) is 5.78. The van der Waals surface area contributed by atoms with E-state index in [1.54, 1.807) is 0 Å². The summed E-state index contributed by atoms with van der Waals surface area (Å²) in [5, 5.41) is 14.5. The monoisotopic (exact) mass is 538 g/mol. The van der Waals surface area contributed by atoms with Crippen molar-refractivity contribution in [1.82, 2.24) is 39.3 Å². The van der Waals surface area contributed by atoms with Crippen molar-refractivity contribution in [2.45, 2.75) is 78.8 Å². The molecule has 0 radical (unpaired) electrons. The second-order valence-corrected chi connectivity index (χ2v) is 11.3. The molecule has 9 nitrogen and oxygen atoms in total. The number of benzene rings is 1. The molecule has 9 heteroatoms. The molecule has 4 heterocycles. The molecule has 0 amide bonds. The van der Waals surface area contributed by atoms with E-state index in [4.69, 9.17) is 4.98 Å². The van der Waals surface area contributed by atoms with Crippen LogP contribution in [0.15, 0.2) is 65.8 Å². The fourth-order valence-corrected chi connectivity index (χ4v) is 5.18. The molecule has 0 spiro atoms. The molecule has 4 aromatic heterocycles. The lowest BCUT2D eigenvalue weighted by Gasteiger charge is -2.21. The Morgan fingerprint density at radius 3 is 2.42 bits per heavy atom. The van der Waals surface area contributed by atoms with Crippen LogP contribution in [-0.2, 0) is 24.9 Å². The zero-order valence-electron chi connectivity index (χ0n) is 24.1. The maximum Gasteiger partial charge on any atom is 0.334 e. The minimum absolute atomic E-state index is 0.0146. The van der Waals surface area contributed by atoms with Crippen LogP contribution in [0.3, 0.4) is 0 Å². The molecule has 0 atom stereocenters. The van der Waals surface area contributed by atoms with E-state index in [1.165, 1.54) is 5.56 Å². The molecule has 5 aromatic rings. The van der Waals surface area contributed by atoms with Crippen LogP contribution in [0.1, 0.15) is 70.7 Å². The zero-order chi connectivity index (χ0) is 28.3. The van der Waals surface area contributed by atoms with E-state index < -0.39 is 0 Å². The average Bonchev–Trinajstić information content (AvgIpc) is 3.69. The minimum Gasteiger partial charge on any atom is -0.334 e. The number of tetrazole rings is 1. The highest BCUT2D eigenvalue weighted by atomic mass is 16.1. The summed E-state index contributed by atoms with van der Waals surface area (Å²) in [4.78, 5) is 18.8. The van der Waals surface area contributed by atoms with Crippen LogP contribution in [0.25, 0.3) is 28.5 Å². The summed E-state index contributed by atoms with van der Waals surface area (Å²) >= 11 is 0. The lowest BCUT2D eigenvalue weighted by molar-refractivity contribution is 0.572. The van der Waals surface area contributed by atoms with Crippen molar-refractivity contribution in [3.8, 4) is 28.5 Å². The lowest BCUT2D eigenvalue weighted by Crippen LogP contribution is -2.28. The third-order valence-electron chi connectivity index (χ3n) is 7.24. The summed E-state index contributed by atoms with van der Waals surface area (Å²) in [5.74, 6) is 1.50. The summed E-state index contributed by atoms with van der Waals surface area (Å²) < 4.78 is 5.99. The van der Waals surface area contributed by atoms with Crippen LogP contribution >= 0.6 is 0 Å². The van der Waals surface area contributed by atoms with E-state index in [0.29, 0.717) is 12.4 Å². The molecular weight excluding hydrogens is 500 g/mol. The van der Waals surface area contributed by atoms with E-state index in [0.717, 1.165) is 66.1 Å². The Bertz CT molecular complexity index is 1620. The molecule has 0 aliphatic rings. The highest BCUT2D eigenvalue weighted by Crippen LogP contribution is 2.30. The van der Waals surface area contributed by atoms with Gasteiger partial charge in [-0.3, -0.25) is 14.1 Å². The molecule has 0 saturated carbocycles. The van der Waals surface area contributed by atoms with Gasteiger partial charge in [0.1, 0.15) is 5.82 Å². The second-order valence-electron chi connectivity index (χ2n) is 11.3. The van der Waals surface area contributed by atoms with Crippen molar-refractivity contribution in [1.29, 1.82) is 0 Å². The SMILES string of the molecule is CCCCc1cn(-c2c(C(C)(C)C)ccn2CCC)c(=O)n1Cc1ccc(-c2ccccc2-c2nn[nH]n2)nc1. The number of unbranched alkanes of at least 4 members (excludes halogenated alkanes) is 1. The molecular formula is C31H38N8O. The fraction of sp³-hybridized carbons (Fsp3) is 0.387. The number of aromatic nitrogens is 8. The largest absolute Gasteiger partial charge is 0.334 e. The highest BCUT2D eigenvalue weighted by molar-refractivity contribution is 5.78. The first-order valence-electron chi connectivity index (χ1n) is 14.1. The number of nitrogens with zero attached hydrogens (tertiary/aromatic N) is 7. The van der Waals surface area contributed by atoms with E-state index in [2.05, 4.69) is 78.3 Å². The van der Waals surface area contributed by atoms with Crippen LogP contribution in [0.4, 0.5) is 0 Å². The maximum absolute atomic E-state index is 14.0. The number of aryl methyl sites for hydroxylation is 2. The van der Waals surface area contributed by atoms with Gasteiger partial charge in [0.2, 0.25) is 5.82 Å². The van der Waals surface area contributed by atoms with Crippen molar-refractivity contribution in [2.75, 3.05) is 0 Å². The van der Waals surface area contributed by atoms with Crippen LogP contribution < -0.4 is 5.69 Å². The molecule has 0 fully saturated rings. The van der Waals surface area contributed by atoms with Gasteiger partial charge in [0.25, 0.3) is 0 Å². The molecule has 0 aliphatic carbocycles. The number of hydrogen-bond donors (Lipinski definition) is 1. The maximum atomic E-state index is 14.0. The Labute approximate surface area is 234 Å². The van der Waals surface area contributed by atoms with Gasteiger partial charge in [0.15, 0.2) is 0 Å². The molecule has 208 valence electrons. The minimum atomic E-state index is -0.0863. The van der Waals surface area contributed by atoms with Crippen LogP contribution in [-0.4, -0.2) is 39.3 Å². The van der Waals surface area contributed by atoms with E-state index in [9.17, 15) is 4.79 Å². The van der Waals surface area contributed by atoms with Crippen molar-refractivity contribution < 1.29 is 0 Å². The normalized spacial score (nSPS) is 11.8. The van der Waals surface area contributed by atoms with Gasteiger partial charge in [-0.15, -0.1) is 10.2 Å². The molecule has 5 rings (SSSR count). The molecule has 40 heavy (non-hydrogen) atoms. The summed E-state index contributed by atoms with van der Waals surface area (Å²) in [6.07, 6.45) is 9.96. The summed E-state index contributed by atoms with van der Waals surface area (Å²) in [7, 11) is 0. The quantitative estimate of drug-likeness (QED) is 0.243. The van der Waals surface area contributed by atoms with E-state index in [1.807, 2.05) is 51.7 Å². The van der Waals surface area contributed by atoms with Crippen LogP contribution in [0.2, 0.25) is 0 Å². The lowest BCUT2D eigenvalue weighted by atomic mass is 9.88. The highest BCUT2D eigenvalue weighted by Gasteiger charge is 2.25. The summed E-state index contributed by atoms with van der Waals surface area (Å²) in [6.45, 7) is 12.3. The van der Waals surface area contributed by atoms with Gasteiger partial charge in [-0.05, 0) is 47.6 Å². The molecule has 0 aliphatic heterocycles. The Morgan fingerprint density at radius 2 is 1.77 bits per heavy atom. The average molecular weight is 539 g/mol. The molecule has 1 aromatic carbocycles. The van der Waals surface area contributed by atoms with Crippen molar-refractivity contribution >= 4 is 0 Å². The second kappa shape index (κ2) is 11.5. The fourth-order valence-electron chi connectivity index (χ4n) is 5.18. The van der Waals surface area contributed by atoms with Crippen LogP contribution in [0.5, 0.6) is 0 Å². The van der Waals surface area contributed by atoms with Gasteiger partial charge in [-0.1, -0.05) is 71.4 Å². The molecule has 1 N–H and O–H groups in total. The predicted molar refractivity (Wildman–Crippen MR) is 158 cm³/mol. The third-order valence-corrected chi connectivity index (χ3v) is 7.24. The summed E-state index contributed by atoms with van der Waals surface area (Å²) in [5.41, 5.74) is 5.68. The first-order chi connectivity index (χ1) is 19.3. The Hall–Kier alpha value is -4.27. The number of imidazole rings is 1. The Morgan fingerprint density at radius 1 is 0.975 bits per heavy atom. The first-order valence-corrected chi connectivity index (χ1v) is 14.1. The number of rotatable bonds is 10. The Kier molecular flexibility index (Phi) is 7.82. The van der Waals surface area contributed by atoms with Gasteiger partial charge in [-0.2, -0.15) is 5.21 Å². The number of H-pyrrole nitrogens is 1. The molecule has 0 saturated heterocycles. The molecule has 0 unspecified atom stereocenters. The van der Waals surface area contributed by atoms with Gasteiger partial charge < -0.3 is 4.57 Å². The number of nitrogens with one attached hydrogen (secondary N) is 1. The van der Waals surface area contributed by atoms with Crippen LogP contribution in [0, 0.1) is 0 Å². The summed E-state index contributed by atoms with van der Waals surface area (Å²) in [6, 6.07) is 14.1. The topological polar surface area (TPSA) is 99.2 Å². The zero-order valence-corrected chi connectivity index (χ0v) is 24.1. The van der Waals surface area contributed by atoms with Gasteiger partial charge >= 0.3 is 5.69 Å².